The van der Waals surface area contributed by atoms with Crippen LogP contribution in [-0.2, 0) is 4.79 Å². The first kappa shape index (κ1) is 21.5. The molecule has 6 heteroatoms. The molecule has 0 bridgehead atoms. The average Bonchev–Trinajstić information content (AvgIpc) is 2.67. The van der Waals surface area contributed by atoms with Gasteiger partial charge in [-0.15, -0.1) is 12.4 Å². The molecule has 27 heavy (non-hydrogen) atoms. The van der Waals surface area contributed by atoms with Gasteiger partial charge in [0.25, 0.3) is 0 Å². The van der Waals surface area contributed by atoms with E-state index >= 15 is 0 Å². The van der Waals surface area contributed by atoms with Gasteiger partial charge in [0.05, 0.1) is 11.6 Å². The van der Waals surface area contributed by atoms with Gasteiger partial charge in [-0.1, -0.05) is 0 Å². The minimum absolute atomic E-state index is 0. The summed E-state index contributed by atoms with van der Waals surface area (Å²) in [5.74, 6) is 0.498. The molecule has 1 amide bonds. The summed E-state index contributed by atoms with van der Waals surface area (Å²) in [5.41, 5.74) is 1.84. The van der Waals surface area contributed by atoms with Gasteiger partial charge in [0, 0.05) is 56.4 Å². The fourth-order valence-electron chi connectivity index (χ4n) is 4.15. The van der Waals surface area contributed by atoms with Crippen LogP contribution >= 0.6 is 12.4 Å². The molecule has 3 rings (SSSR count). The van der Waals surface area contributed by atoms with E-state index in [0.717, 1.165) is 51.3 Å². The van der Waals surface area contributed by atoms with Crippen LogP contribution in [0.25, 0.3) is 0 Å². The van der Waals surface area contributed by atoms with Gasteiger partial charge in [-0.25, -0.2) is 0 Å². The van der Waals surface area contributed by atoms with Crippen LogP contribution in [0.4, 0.5) is 5.69 Å². The van der Waals surface area contributed by atoms with Gasteiger partial charge in [0.15, 0.2) is 0 Å². The molecule has 2 aliphatic heterocycles. The van der Waals surface area contributed by atoms with Crippen LogP contribution in [0, 0.1) is 17.2 Å². The number of halogens is 1. The number of piperazine rings is 1. The second-order valence-corrected chi connectivity index (χ2v) is 7.89. The largest absolute Gasteiger partial charge is 0.371 e. The van der Waals surface area contributed by atoms with Crippen molar-refractivity contribution >= 4 is 24.0 Å². The Morgan fingerprint density at radius 1 is 1.11 bits per heavy atom. The molecule has 1 aromatic rings. The third-order valence-corrected chi connectivity index (χ3v) is 5.88. The zero-order valence-corrected chi connectivity index (χ0v) is 17.4. The average molecular weight is 391 g/mol. The van der Waals surface area contributed by atoms with Gasteiger partial charge in [0.1, 0.15) is 0 Å². The van der Waals surface area contributed by atoms with E-state index in [2.05, 4.69) is 41.5 Å². The molecule has 0 unspecified atom stereocenters. The summed E-state index contributed by atoms with van der Waals surface area (Å²) in [6.45, 7) is 11.3. The molecule has 2 saturated heterocycles. The van der Waals surface area contributed by atoms with Crippen LogP contribution in [0.5, 0.6) is 0 Å². The summed E-state index contributed by atoms with van der Waals surface area (Å²) in [5, 5.41) is 8.92. The number of amides is 1. The van der Waals surface area contributed by atoms with E-state index in [-0.39, 0.29) is 18.3 Å². The van der Waals surface area contributed by atoms with Crippen molar-refractivity contribution in [2.24, 2.45) is 5.92 Å². The Labute approximate surface area is 169 Å². The summed E-state index contributed by atoms with van der Waals surface area (Å²) >= 11 is 0. The summed E-state index contributed by atoms with van der Waals surface area (Å²) in [4.78, 5) is 19.9. The van der Waals surface area contributed by atoms with E-state index in [1.54, 1.807) is 0 Å². The van der Waals surface area contributed by atoms with Crippen LogP contribution in [0.1, 0.15) is 39.2 Å². The maximum absolute atomic E-state index is 13.0. The Balaban J connectivity index is 0.00000261. The van der Waals surface area contributed by atoms with Crippen molar-refractivity contribution in [1.29, 1.82) is 5.26 Å². The van der Waals surface area contributed by atoms with Crippen LogP contribution in [0.15, 0.2) is 24.3 Å². The fourth-order valence-corrected chi connectivity index (χ4v) is 4.15. The van der Waals surface area contributed by atoms with Gasteiger partial charge in [-0.2, -0.15) is 5.26 Å². The number of benzene rings is 1. The standard InChI is InChI=1S/C21H30N4O.ClH/c1-16(2)24-12-13-25(17(3)15-24)21(26)19-8-10-23(11-9-19)20-6-4-18(14-22)5-7-20;/h4-7,16-17,19H,8-13,15H2,1-3H3;1H/t17-;/m0./s1. The zero-order chi connectivity index (χ0) is 18.7. The third kappa shape index (κ3) is 4.94. The van der Waals surface area contributed by atoms with Crippen molar-refractivity contribution in [2.45, 2.75) is 45.7 Å². The van der Waals surface area contributed by atoms with E-state index in [9.17, 15) is 4.79 Å². The lowest BCUT2D eigenvalue weighted by atomic mass is 9.93. The van der Waals surface area contributed by atoms with Crippen LogP contribution in [-0.4, -0.2) is 60.5 Å². The topological polar surface area (TPSA) is 50.6 Å². The number of piperidine rings is 1. The first-order chi connectivity index (χ1) is 12.5. The molecule has 0 aliphatic carbocycles. The molecule has 0 N–H and O–H groups in total. The number of rotatable bonds is 3. The smallest absolute Gasteiger partial charge is 0.226 e. The number of carbonyl (C=O) groups excluding carboxylic acids is 1. The Morgan fingerprint density at radius 2 is 1.74 bits per heavy atom. The van der Waals surface area contributed by atoms with E-state index < -0.39 is 0 Å². The lowest BCUT2D eigenvalue weighted by molar-refractivity contribution is -0.141. The predicted molar refractivity (Wildman–Crippen MR) is 111 cm³/mol. The summed E-state index contributed by atoms with van der Waals surface area (Å²) < 4.78 is 0. The maximum Gasteiger partial charge on any atom is 0.226 e. The van der Waals surface area contributed by atoms with Gasteiger partial charge in [0.2, 0.25) is 5.91 Å². The Morgan fingerprint density at radius 3 is 2.26 bits per heavy atom. The molecule has 0 radical (unpaired) electrons. The van der Waals surface area contributed by atoms with Crippen LogP contribution in [0.3, 0.4) is 0 Å². The molecule has 0 aromatic heterocycles. The van der Waals surface area contributed by atoms with Crippen molar-refractivity contribution in [2.75, 3.05) is 37.6 Å². The Kier molecular flexibility index (Phi) is 7.52. The van der Waals surface area contributed by atoms with Gasteiger partial charge >= 0.3 is 0 Å². The molecule has 2 aliphatic rings. The highest BCUT2D eigenvalue weighted by molar-refractivity contribution is 5.85. The van der Waals surface area contributed by atoms with Crippen LogP contribution < -0.4 is 4.90 Å². The van der Waals surface area contributed by atoms with Crippen molar-refractivity contribution in [3.05, 3.63) is 29.8 Å². The minimum atomic E-state index is 0. The van der Waals surface area contributed by atoms with E-state index in [0.29, 0.717) is 23.6 Å². The molecule has 0 spiro atoms. The lowest BCUT2D eigenvalue weighted by Gasteiger charge is -2.44. The predicted octanol–water partition coefficient (Wildman–Crippen LogP) is 3.14. The number of hydrogen-bond acceptors (Lipinski definition) is 4. The molecule has 1 aromatic carbocycles. The quantitative estimate of drug-likeness (QED) is 0.795. The Bertz CT molecular complexity index is 662. The number of nitriles is 1. The molecule has 1 atom stereocenters. The molecule has 0 saturated carbocycles. The molecule has 2 heterocycles. The molecular formula is C21H31ClN4O. The highest BCUT2D eigenvalue weighted by Gasteiger charge is 2.34. The van der Waals surface area contributed by atoms with Gasteiger partial charge in [-0.3, -0.25) is 9.69 Å². The van der Waals surface area contributed by atoms with Gasteiger partial charge < -0.3 is 9.80 Å². The molecular weight excluding hydrogens is 360 g/mol. The normalized spacial score (nSPS) is 21.7. The van der Waals surface area contributed by atoms with E-state index in [1.807, 2.05) is 24.3 Å². The van der Waals surface area contributed by atoms with E-state index in [4.69, 9.17) is 5.26 Å². The highest BCUT2D eigenvalue weighted by Crippen LogP contribution is 2.26. The maximum atomic E-state index is 13.0. The van der Waals surface area contributed by atoms with Crippen molar-refractivity contribution in [3.63, 3.8) is 0 Å². The number of anilines is 1. The molecule has 5 nitrogen and oxygen atoms in total. The SMILES string of the molecule is CC(C)N1CCN(C(=O)C2CCN(c3ccc(C#N)cc3)CC2)[C@@H](C)C1.Cl. The molecule has 2 fully saturated rings. The minimum Gasteiger partial charge on any atom is -0.371 e. The monoisotopic (exact) mass is 390 g/mol. The second kappa shape index (κ2) is 9.43. The number of hydrogen-bond donors (Lipinski definition) is 0. The summed E-state index contributed by atoms with van der Waals surface area (Å²) in [6, 6.07) is 10.7. The first-order valence-electron chi connectivity index (χ1n) is 9.79. The summed E-state index contributed by atoms with van der Waals surface area (Å²) in [7, 11) is 0. The van der Waals surface area contributed by atoms with Crippen molar-refractivity contribution < 1.29 is 4.79 Å². The van der Waals surface area contributed by atoms with Crippen LogP contribution in [0.2, 0.25) is 0 Å². The summed E-state index contributed by atoms with van der Waals surface area (Å²) in [6.07, 6.45) is 1.83. The van der Waals surface area contributed by atoms with Crippen molar-refractivity contribution in [3.8, 4) is 6.07 Å². The second-order valence-electron chi connectivity index (χ2n) is 7.89. The zero-order valence-electron chi connectivity index (χ0n) is 16.6. The first-order valence-corrected chi connectivity index (χ1v) is 9.79. The Hall–Kier alpha value is -1.77. The third-order valence-electron chi connectivity index (χ3n) is 5.88. The highest BCUT2D eigenvalue weighted by atomic mass is 35.5. The lowest BCUT2D eigenvalue weighted by Crippen LogP contribution is -2.57. The van der Waals surface area contributed by atoms with Gasteiger partial charge in [-0.05, 0) is 57.9 Å². The molecule has 148 valence electrons. The number of nitrogens with zero attached hydrogens (tertiary/aromatic N) is 4. The number of carbonyl (C=O) groups is 1. The fraction of sp³-hybridized carbons (Fsp3) is 0.619. The van der Waals surface area contributed by atoms with Crippen molar-refractivity contribution in [1.82, 2.24) is 9.80 Å². The van der Waals surface area contributed by atoms with E-state index in [1.165, 1.54) is 0 Å².